The van der Waals surface area contributed by atoms with E-state index >= 15 is 0 Å². The highest BCUT2D eigenvalue weighted by Crippen LogP contribution is 2.35. The van der Waals surface area contributed by atoms with Crippen molar-refractivity contribution in [2.24, 2.45) is 17.8 Å². The molecule has 1 aromatic rings. The van der Waals surface area contributed by atoms with E-state index in [4.69, 9.17) is 33.2 Å². The molecule has 4 fully saturated rings. The first-order valence-electron chi connectivity index (χ1n) is 14.3. The molecule has 39 heavy (non-hydrogen) atoms. The second kappa shape index (κ2) is 14.2. The quantitative estimate of drug-likeness (QED) is 0.128. The van der Waals surface area contributed by atoms with E-state index < -0.39 is 6.43 Å². The summed E-state index contributed by atoms with van der Waals surface area (Å²) in [5.41, 5.74) is -0.315. The molecule has 2 aliphatic heterocycles. The van der Waals surface area contributed by atoms with Crippen LogP contribution in [0.4, 0.5) is 8.78 Å². The smallest absolute Gasteiger partial charge is 0.314 e. The van der Waals surface area contributed by atoms with Gasteiger partial charge in [0.05, 0.1) is 44.0 Å². The summed E-state index contributed by atoms with van der Waals surface area (Å²) in [6, 6.07) is 4.11. The summed E-state index contributed by atoms with van der Waals surface area (Å²) >= 11 is 0. The summed E-state index contributed by atoms with van der Waals surface area (Å²) in [6.07, 6.45) is 4.76. The van der Waals surface area contributed by atoms with Crippen LogP contribution >= 0.6 is 0 Å². The van der Waals surface area contributed by atoms with E-state index in [9.17, 15) is 13.6 Å². The first-order chi connectivity index (χ1) is 19.0. The predicted molar refractivity (Wildman–Crippen MR) is 136 cm³/mol. The van der Waals surface area contributed by atoms with Gasteiger partial charge in [-0.05, 0) is 81.4 Å². The summed E-state index contributed by atoms with van der Waals surface area (Å²) in [5, 5.41) is 0. The van der Waals surface area contributed by atoms with Gasteiger partial charge in [0.2, 0.25) is 0 Å². The van der Waals surface area contributed by atoms with Crippen LogP contribution in [-0.2, 0) is 28.5 Å². The number of epoxide rings is 2. The zero-order valence-electron chi connectivity index (χ0n) is 22.4. The molecule has 0 radical (unpaired) electrons. The first kappa shape index (κ1) is 28.7. The van der Waals surface area contributed by atoms with Crippen molar-refractivity contribution in [1.82, 2.24) is 0 Å². The summed E-state index contributed by atoms with van der Waals surface area (Å²) < 4.78 is 66.1. The largest absolute Gasteiger partial charge is 0.467 e. The molecule has 0 amide bonds. The summed E-state index contributed by atoms with van der Waals surface area (Å²) in [6.45, 7) is 4.20. The molecule has 0 aromatic heterocycles. The number of alkyl halides is 2. The van der Waals surface area contributed by atoms with E-state index in [0.717, 1.165) is 58.3 Å². The molecular weight excluding hydrogens is 514 g/mol. The molecule has 0 N–H and O–H groups in total. The molecular formula is C29H40F2O8. The average Bonchev–Trinajstić information content (AvgIpc) is 3.87. The van der Waals surface area contributed by atoms with Crippen LogP contribution in [0.25, 0.3) is 0 Å². The van der Waals surface area contributed by atoms with E-state index in [-0.39, 0.29) is 54.1 Å². The van der Waals surface area contributed by atoms with Crippen molar-refractivity contribution in [2.75, 3.05) is 46.4 Å². The maximum absolute atomic E-state index is 13.8. The molecule has 2 aliphatic carbocycles. The summed E-state index contributed by atoms with van der Waals surface area (Å²) in [4.78, 5) is 12.7. The molecule has 2 atom stereocenters. The Morgan fingerprint density at radius 3 is 2.00 bits per heavy atom. The van der Waals surface area contributed by atoms with Crippen LogP contribution in [0.1, 0.15) is 63.4 Å². The lowest BCUT2D eigenvalue weighted by atomic mass is 9.82. The van der Waals surface area contributed by atoms with Crippen molar-refractivity contribution >= 4 is 5.97 Å². The lowest BCUT2D eigenvalue weighted by Crippen LogP contribution is -2.27. The number of carbonyl (C=O) groups excluding carboxylic acids is 1. The van der Waals surface area contributed by atoms with Crippen LogP contribution in [0.5, 0.6) is 11.5 Å². The highest BCUT2D eigenvalue weighted by atomic mass is 19.3. The van der Waals surface area contributed by atoms with E-state index in [2.05, 4.69) is 0 Å². The Kier molecular flexibility index (Phi) is 10.4. The maximum atomic E-state index is 13.8. The van der Waals surface area contributed by atoms with Crippen LogP contribution in [-0.4, -0.2) is 70.7 Å². The molecule has 5 rings (SSSR count). The molecule has 2 unspecified atom stereocenters. The fourth-order valence-corrected chi connectivity index (χ4v) is 5.38. The van der Waals surface area contributed by atoms with Crippen molar-refractivity contribution in [2.45, 2.75) is 76.1 Å². The Morgan fingerprint density at radius 2 is 1.44 bits per heavy atom. The van der Waals surface area contributed by atoms with E-state index in [0.29, 0.717) is 44.5 Å². The van der Waals surface area contributed by atoms with E-state index in [1.165, 1.54) is 18.2 Å². The Balaban J connectivity index is 1.01. The second-order valence-corrected chi connectivity index (χ2v) is 11.2. The first-order valence-corrected chi connectivity index (χ1v) is 14.3. The van der Waals surface area contributed by atoms with Crippen LogP contribution in [0.3, 0.4) is 0 Å². The number of halogens is 2. The zero-order chi connectivity index (χ0) is 27.0. The molecule has 2 heterocycles. The third-order valence-corrected chi connectivity index (χ3v) is 8.05. The fourth-order valence-electron chi connectivity index (χ4n) is 5.38. The predicted octanol–water partition coefficient (Wildman–Crippen LogP) is 5.08. The zero-order valence-corrected chi connectivity index (χ0v) is 22.4. The van der Waals surface area contributed by atoms with Crippen molar-refractivity contribution in [3.63, 3.8) is 0 Å². The third-order valence-electron chi connectivity index (χ3n) is 8.05. The van der Waals surface area contributed by atoms with Gasteiger partial charge in [-0.1, -0.05) is 0 Å². The SMILES string of the molecule is O=C(Oc1ccc(OCOC2CCC(COCC3CO3)CC2)c(C(F)F)c1)C1CCC(COCC2CO2)CC1. The molecule has 1 aromatic carbocycles. The number of esters is 1. The van der Waals surface area contributed by atoms with Crippen LogP contribution < -0.4 is 9.47 Å². The van der Waals surface area contributed by atoms with Crippen LogP contribution in [0.2, 0.25) is 0 Å². The van der Waals surface area contributed by atoms with Gasteiger partial charge in [0.1, 0.15) is 23.7 Å². The summed E-state index contributed by atoms with van der Waals surface area (Å²) in [5.74, 6) is 0.467. The highest BCUT2D eigenvalue weighted by Gasteiger charge is 2.30. The number of rotatable bonds is 15. The van der Waals surface area contributed by atoms with Gasteiger partial charge < -0.3 is 33.2 Å². The Bertz CT molecular complexity index is 907. The Hall–Kier alpha value is -1.85. The van der Waals surface area contributed by atoms with Crippen molar-refractivity contribution < 1.29 is 46.7 Å². The molecule has 218 valence electrons. The minimum Gasteiger partial charge on any atom is -0.467 e. The normalized spacial score (nSPS) is 30.2. The third kappa shape index (κ3) is 9.35. The Morgan fingerprint density at radius 1 is 0.846 bits per heavy atom. The number of hydrogen-bond acceptors (Lipinski definition) is 8. The van der Waals surface area contributed by atoms with E-state index in [1.54, 1.807) is 0 Å². The fraction of sp³-hybridized carbons (Fsp3) is 0.759. The average molecular weight is 555 g/mol. The van der Waals surface area contributed by atoms with Crippen molar-refractivity contribution in [3.8, 4) is 11.5 Å². The minimum absolute atomic E-state index is 0.0336. The van der Waals surface area contributed by atoms with E-state index in [1.807, 2.05) is 0 Å². The molecule has 2 saturated heterocycles. The topological polar surface area (TPSA) is 88.3 Å². The van der Waals surface area contributed by atoms with Gasteiger partial charge in [0.15, 0.2) is 6.79 Å². The van der Waals surface area contributed by atoms with Gasteiger partial charge in [-0.2, -0.15) is 0 Å². The molecule has 2 saturated carbocycles. The molecule has 10 heteroatoms. The highest BCUT2D eigenvalue weighted by molar-refractivity contribution is 5.75. The van der Waals surface area contributed by atoms with Crippen molar-refractivity contribution in [3.05, 3.63) is 23.8 Å². The Labute approximate surface area is 228 Å². The number of hydrogen-bond donors (Lipinski definition) is 0. The number of benzene rings is 1. The van der Waals surface area contributed by atoms with Gasteiger partial charge in [-0.3, -0.25) is 4.79 Å². The summed E-state index contributed by atoms with van der Waals surface area (Å²) in [7, 11) is 0. The van der Waals surface area contributed by atoms with Gasteiger partial charge in [0, 0.05) is 13.2 Å². The molecule has 0 spiro atoms. The molecule has 8 nitrogen and oxygen atoms in total. The van der Waals surface area contributed by atoms with Crippen molar-refractivity contribution in [1.29, 1.82) is 0 Å². The number of carbonyl (C=O) groups is 1. The minimum atomic E-state index is -2.77. The lowest BCUT2D eigenvalue weighted by molar-refractivity contribution is -0.140. The van der Waals surface area contributed by atoms with Gasteiger partial charge in [0.25, 0.3) is 6.43 Å². The van der Waals surface area contributed by atoms with Gasteiger partial charge in [-0.15, -0.1) is 0 Å². The van der Waals surface area contributed by atoms with Gasteiger partial charge >= 0.3 is 5.97 Å². The monoisotopic (exact) mass is 554 g/mol. The van der Waals surface area contributed by atoms with Gasteiger partial charge in [-0.25, -0.2) is 8.78 Å². The van der Waals surface area contributed by atoms with Crippen LogP contribution in [0, 0.1) is 17.8 Å². The van der Waals surface area contributed by atoms with Crippen LogP contribution in [0.15, 0.2) is 18.2 Å². The lowest BCUT2D eigenvalue weighted by Gasteiger charge is -2.28. The standard InChI is InChI=1S/C29H40F2O8/c30-28(31)26-11-23(39-29(32)21-5-1-19(2-6-21)12-33-14-24-16-35-24)9-10-27(26)38-18-37-22-7-3-20(4-8-22)13-34-15-25-17-36-25/h9-11,19-22,24-25,28H,1-8,12-18H2. The maximum Gasteiger partial charge on any atom is 0.314 e. The second-order valence-electron chi connectivity index (χ2n) is 11.2. The number of ether oxygens (including phenoxy) is 7. The molecule has 0 bridgehead atoms. The molecule has 4 aliphatic rings.